The largest absolute Gasteiger partial charge is 0.493 e. The predicted octanol–water partition coefficient (Wildman–Crippen LogP) is 1.50. The number of carboxylic acids is 1. The Morgan fingerprint density at radius 2 is 2.21 bits per heavy atom. The summed E-state index contributed by atoms with van der Waals surface area (Å²) in [6.07, 6.45) is 1.75. The second-order valence-corrected chi connectivity index (χ2v) is 5.25. The van der Waals surface area contributed by atoms with Gasteiger partial charge in [0.15, 0.2) is 23.3 Å². The van der Waals surface area contributed by atoms with Crippen LogP contribution < -0.4 is 15.0 Å². The third-order valence-electron chi connectivity index (χ3n) is 2.99. The minimum Gasteiger partial charge on any atom is -0.493 e. The molecule has 0 spiro atoms. The predicted molar refractivity (Wildman–Crippen MR) is 86.5 cm³/mol. The maximum absolute atomic E-state index is 12.0. The number of rotatable bonds is 6. The molecule has 0 bridgehead atoms. The fourth-order valence-corrected chi connectivity index (χ4v) is 2.31. The number of carbonyl (C=O) groups is 1. The Kier molecular flexibility index (Phi) is 5.44. The van der Waals surface area contributed by atoms with Gasteiger partial charge >= 0.3 is 5.97 Å². The maximum Gasteiger partial charge on any atom is 0.341 e. The zero-order chi connectivity index (χ0) is 17.7. The van der Waals surface area contributed by atoms with E-state index >= 15 is 0 Å². The van der Waals surface area contributed by atoms with Gasteiger partial charge in [-0.2, -0.15) is 5.26 Å². The smallest absolute Gasteiger partial charge is 0.341 e. The minimum atomic E-state index is -1.12. The first kappa shape index (κ1) is 17.4. The van der Waals surface area contributed by atoms with Gasteiger partial charge in [0.2, 0.25) is 0 Å². The number of hydrogen-bond donors (Lipinski definition) is 2. The molecule has 0 aliphatic heterocycles. The second kappa shape index (κ2) is 7.52. The number of H-pyrrole nitrogens is 1. The van der Waals surface area contributed by atoms with E-state index in [0.717, 1.165) is 0 Å². The summed E-state index contributed by atoms with van der Waals surface area (Å²) in [5.74, 6) is -0.615. The number of ether oxygens (including phenoxy) is 2. The zero-order valence-electron chi connectivity index (χ0n) is 12.8. The number of carboxylic acid groups (broad SMARTS) is 1. The van der Waals surface area contributed by atoms with Gasteiger partial charge in [0, 0.05) is 5.56 Å². The fraction of sp³-hybridized carbons (Fsp3) is 0.200. The van der Waals surface area contributed by atoms with E-state index in [1.165, 1.54) is 31.0 Å². The quantitative estimate of drug-likeness (QED) is 0.595. The van der Waals surface area contributed by atoms with Crippen LogP contribution in [0.1, 0.15) is 5.56 Å². The molecule has 0 aliphatic rings. The van der Waals surface area contributed by atoms with Gasteiger partial charge in [-0.15, -0.1) is 0 Å². The van der Waals surface area contributed by atoms with Crippen LogP contribution in [-0.2, 0) is 4.79 Å². The lowest BCUT2D eigenvalue weighted by Gasteiger charge is -2.11. The van der Waals surface area contributed by atoms with Crippen LogP contribution in [-0.4, -0.2) is 41.0 Å². The van der Waals surface area contributed by atoms with Crippen molar-refractivity contribution in [2.24, 2.45) is 0 Å². The lowest BCUT2D eigenvalue weighted by atomic mass is 10.1. The number of hydrogen-bond acceptors (Lipinski definition) is 7. The Morgan fingerprint density at radius 1 is 1.46 bits per heavy atom. The second-order valence-electron chi connectivity index (χ2n) is 4.46. The number of nitriles is 1. The van der Waals surface area contributed by atoms with Crippen molar-refractivity contribution in [2.45, 2.75) is 5.16 Å². The van der Waals surface area contributed by atoms with Crippen molar-refractivity contribution in [1.82, 2.24) is 9.97 Å². The van der Waals surface area contributed by atoms with E-state index in [9.17, 15) is 14.9 Å². The number of thioether (sulfide) groups is 1. The molecule has 0 fully saturated rings. The Labute approximate surface area is 141 Å². The van der Waals surface area contributed by atoms with E-state index in [2.05, 4.69) is 9.97 Å². The number of nitrogens with one attached hydrogen (secondary N) is 1. The molecule has 2 rings (SSSR count). The monoisotopic (exact) mass is 347 g/mol. The van der Waals surface area contributed by atoms with Gasteiger partial charge in [-0.3, -0.25) is 4.79 Å². The highest BCUT2D eigenvalue weighted by Crippen LogP contribution is 2.32. The van der Waals surface area contributed by atoms with Crippen LogP contribution in [0.3, 0.4) is 0 Å². The highest BCUT2D eigenvalue weighted by molar-refractivity contribution is 7.98. The normalized spacial score (nSPS) is 10.0. The minimum absolute atomic E-state index is 0.117. The summed E-state index contributed by atoms with van der Waals surface area (Å²) in [6, 6.07) is 6.45. The number of aromatic amines is 1. The number of aliphatic carboxylic acids is 1. The summed E-state index contributed by atoms with van der Waals surface area (Å²) in [5, 5.41) is 18.3. The summed E-state index contributed by atoms with van der Waals surface area (Å²) >= 11 is 1.24. The molecule has 0 amide bonds. The van der Waals surface area contributed by atoms with Crippen LogP contribution in [0.15, 0.2) is 28.2 Å². The average Bonchev–Trinajstić information content (AvgIpc) is 2.58. The Bertz CT molecular complexity index is 872. The number of methoxy groups -OCH3 is 1. The molecule has 1 heterocycles. The Morgan fingerprint density at radius 3 is 2.79 bits per heavy atom. The molecular weight excluding hydrogens is 334 g/mol. The zero-order valence-corrected chi connectivity index (χ0v) is 13.6. The van der Waals surface area contributed by atoms with Crippen LogP contribution in [0, 0.1) is 11.3 Å². The number of benzene rings is 1. The van der Waals surface area contributed by atoms with Crippen molar-refractivity contribution in [3.63, 3.8) is 0 Å². The molecule has 24 heavy (non-hydrogen) atoms. The van der Waals surface area contributed by atoms with Crippen molar-refractivity contribution in [2.75, 3.05) is 20.0 Å². The van der Waals surface area contributed by atoms with Crippen molar-refractivity contribution >= 4 is 17.7 Å². The molecule has 0 atom stereocenters. The molecule has 1 aromatic heterocycles. The van der Waals surface area contributed by atoms with Crippen LogP contribution >= 0.6 is 11.8 Å². The number of aromatic nitrogens is 2. The molecule has 2 N–H and O–H groups in total. The molecule has 0 radical (unpaired) electrons. The molecule has 0 saturated carbocycles. The first-order chi connectivity index (χ1) is 11.5. The topological polar surface area (TPSA) is 125 Å². The third-order valence-corrected chi connectivity index (χ3v) is 3.57. The summed E-state index contributed by atoms with van der Waals surface area (Å²) < 4.78 is 10.3. The van der Waals surface area contributed by atoms with Crippen LogP contribution in [0.25, 0.3) is 11.3 Å². The first-order valence-electron chi connectivity index (χ1n) is 6.61. The highest BCUT2D eigenvalue weighted by atomic mass is 32.2. The summed E-state index contributed by atoms with van der Waals surface area (Å²) in [4.78, 5) is 29.3. The molecule has 1 aromatic carbocycles. The van der Waals surface area contributed by atoms with Gasteiger partial charge in [0.25, 0.3) is 5.56 Å². The van der Waals surface area contributed by atoms with Crippen molar-refractivity contribution in [1.29, 1.82) is 5.26 Å². The molecule has 0 aliphatic carbocycles. The van der Waals surface area contributed by atoms with Gasteiger partial charge in [0.1, 0.15) is 11.6 Å². The van der Waals surface area contributed by atoms with Crippen LogP contribution in [0.2, 0.25) is 0 Å². The molecule has 8 nitrogen and oxygen atoms in total. The summed E-state index contributed by atoms with van der Waals surface area (Å²) in [6.45, 7) is -0.515. The van der Waals surface area contributed by atoms with Crippen molar-refractivity contribution < 1.29 is 19.4 Å². The number of nitrogens with zero attached hydrogens (tertiary/aromatic N) is 2. The SMILES string of the molecule is COc1cc(-c2nc(SC)[nH]c(=O)c2C#N)ccc1OCC(=O)O. The molecule has 0 saturated heterocycles. The van der Waals surface area contributed by atoms with Crippen molar-refractivity contribution in [3.8, 4) is 28.8 Å². The van der Waals surface area contributed by atoms with E-state index in [-0.39, 0.29) is 22.8 Å². The molecule has 124 valence electrons. The van der Waals surface area contributed by atoms with Gasteiger partial charge in [0.05, 0.1) is 12.8 Å². The molecule has 9 heteroatoms. The van der Waals surface area contributed by atoms with E-state index in [1.807, 2.05) is 6.07 Å². The lowest BCUT2D eigenvalue weighted by Crippen LogP contribution is -2.14. The van der Waals surface area contributed by atoms with E-state index in [4.69, 9.17) is 14.6 Å². The Hall–Kier alpha value is -2.99. The van der Waals surface area contributed by atoms with Gasteiger partial charge < -0.3 is 19.6 Å². The highest BCUT2D eigenvalue weighted by Gasteiger charge is 2.16. The van der Waals surface area contributed by atoms with Gasteiger partial charge in [-0.25, -0.2) is 9.78 Å². The molecule has 0 unspecified atom stereocenters. The summed E-state index contributed by atoms with van der Waals surface area (Å²) in [5.41, 5.74) is 0.0484. The van der Waals surface area contributed by atoms with Crippen molar-refractivity contribution in [3.05, 3.63) is 34.1 Å². The first-order valence-corrected chi connectivity index (χ1v) is 7.84. The standard InChI is InChI=1S/C15H13N3O5S/c1-22-11-5-8(3-4-10(11)23-7-12(19)20)13-9(6-16)14(21)18-15(17-13)24-2/h3-5H,7H2,1-2H3,(H,19,20)(H,17,18,21). The van der Waals surface area contributed by atoms with Gasteiger partial charge in [-0.1, -0.05) is 11.8 Å². The van der Waals surface area contributed by atoms with E-state index in [0.29, 0.717) is 10.7 Å². The van der Waals surface area contributed by atoms with Gasteiger partial charge in [-0.05, 0) is 24.5 Å². The lowest BCUT2D eigenvalue weighted by molar-refractivity contribution is -0.139. The van der Waals surface area contributed by atoms with E-state index in [1.54, 1.807) is 12.3 Å². The fourth-order valence-electron chi connectivity index (χ4n) is 1.94. The van der Waals surface area contributed by atoms with Crippen LogP contribution in [0.4, 0.5) is 0 Å². The molecule has 2 aromatic rings. The molecular formula is C15H13N3O5S. The summed E-state index contributed by atoms with van der Waals surface area (Å²) in [7, 11) is 1.40. The third kappa shape index (κ3) is 3.67. The van der Waals surface area contributed by atoms with Crippen LogP contribution in [0.5, 0.6) is 11.5 Å². The average molecular weight is 347 g/mol. The van der Waals surface area contributed by atoms with E-state index < -0.39 is 18.1 Å². The Balaban J connectivity index is 2.54. The maximum atomic E-state index is 12.0.